The van der Waals surface area contributed by atoms with Crippen LogP contribution in [0.2, 0.25) is 0 Å². The van der Waals surface area contributed by atoms with Crippen LogP contribution in [-0.2, 0) is 17.3 Å². The zero-order valence-electron chi connectivity index (χ0n) is 8.94. The fourth-order valence-corrected chi connectivity index (χ4v) is 1.29. The molecule has 3 nitrogen and oxygen atoms in total. The van der Waals surface area contributed by atoms with Gasteiger partial charge in [-0.3, -0.25) is 0 Å². The summed E-state index contributed by atoms with van der Waals surface area (Å²) >= 11 is 0. The van der Waals surface area contributed by atoms with Crippen LogP contribution in [0, 0.1) is 0 Å². The third-order valence-corrected chi connectivity index (χ3v) is 2.04. The number of aromatic nitrogens is 1. The number of hydrogen-bond acceptors (Lipinski definition) is 2. The molecule has 0 atom stereocenters. The van der Waals surface area contributed by atoms with Crippen LogP contribution >= 0.6 is 0 Å². The maximum absolute atomic E-state index is 12.6. The number of aromatic amines is 1. The minimum absolute atomic E-state index is 0.0383. The summed E-state index contributed by atoms with van der Waals surface area (Å²) in [6.07, 6.45) is -4.16. The number of ether oxygens (including phenoxy) is 1. The van der Waals surface area contributed by atoms with E-state index >= 15 is 0 Å². The van der Waals surface area contributed by atoms with Crippen molar-refractivity contribution in [3.63, 3.8) is 0 Å². The molecule has 0 aliphatic carbocycles. The van der Waals surface area contributed by atoms with E-state index in [1.54, 1.807) is 6.92 Å². The third-order valence-electron chi connectivity index (χ3n) is 2.04. The predicted octanol–water partition coefficient (Wildman–Crippen LogP) is 2.77. The van der Waals surface area contributed by atoms with E-state index in [1.807, 2.05) is 0 Å². The average Bonchev–Trinajstić information content (AvgIpc) is 2.61. The van der Waals surface area contributed by atoms with Gasteiger partial charge >= 0.3 is 12.1 Å². The highest BCUT2D eigenvalue weighted by Gasteiger charge is 2.37. The first-order valence-corrected chi connectivity index (χ1v) is 4.86. The molecule has 1 N–H and O–H groups in total. The van der Waals surface area contributed by atoms with Gasteiger partial charge in [0.1, 0.15) is 5.69 Å². The Morgan fingerprint density at radius 2 is 2.06 bits per heavy atom. The zero-order chi connectivity index (χ0) is 12.3. The Kier molecular flexibility index (Phi) is 3.62. The van der Waals surface area contributed by atoms with Crippen LogP contribution in [0.4, 0.5) is 13.2 Å². The number of carbonyl (C=O) groups excluding carboxylic acids is 1. The molecule has 1 heterocycles. The van der Waals surface area contributed by atoms with Crippen LogP contribution in [-0.4, -0.2) is 17.6 Å². The summed E-state index contributed by atoms with van der Waals surface area (Å²) in [5, 5.41) is 0. The van der Waals surface area contributed by atoms with E-state index in [0.29, 0.717) is 12.1 Å². The number of nitrogens with one attached hydrogen (secondary N) is 1. The van der Waals surface area contributed by atoms with Crippen molar-refractivity contribution in [2.45, 2.75) is 26.4 Å². The van der Waals surface area contributed by atoms with Gasteiger partial charge in [-0.25, -0.2) is 4.79 Å². The molecule has 0 fully saturated rings. The number of carbonyl (C=O) groups is 1. The first kappa shape index (κ1) is 12.6. The smallest absolute Gasteiger partial charge is 0.418 e. The lowest BCUT2D eigenvalue weighted by atomic mass is 10.2. The second-order valence-corrected chi connectivity index (χ2v) is 3.16. The lowest BCUT2D eigenvalue weighted by Crippen LogP contribution is -2.13. The van der Waals surface area contributed by atoms with E-state index in [9.17, 15) is 18.0 Å². The monoisotopic (exact) mass is 235 g/mol. The Labute approximate surface area is 90.6 Å². The number of hydrogen-bond donors (Lipinski definition) is 1. The molecular weight excluding hydrogens is 223 g/mol. The summed E-state index contributed by atoms with van der Waals surface area (Å²) < 4.78 is 42.3. The van der Waals surface area contributed by atoms with Crippen molar-refractivity contribution in [1.82, 2.24) is 4.98 Å². The SMILES string of the molecule is CCOC(=O)c1[nH]c(CC)cc1C(F)(F)F. The Balaban J connectivity index is 3.15. The fourth-order valence-electron chi connectivity index (χ4n) is 1.29. The number of esters is 1. The van der Waals surface area contributed by atoms with Crippen LogP contribution < -0.4 is 0 Å². The number of rotatable bonds is 3. The summed E-state index contributed by atoms with van der Waals surface area (Å²) in [5.41, 5.74) is -1.13. The Morgan fingerprint density at radius 1 is 1.44 bits per heavy atom. The summed E-state index contributed by atoms with van der Waals surface area (Å²) in [6, 6.07) is 0.937. The molecule has 0 saturated carbocycles. The van der Waals surface area contributed by atoms with E-state index in [4.69, 9.17) is 0 Å². The number of alkyl halides is 3. The van der Waals surface area contributed by atoms with Crippen LogP contribution in [0.1, 0.15) is 35.6 Å². The highest BCUT2D eigenvalue weighted by Crippen LogP contribution is 2.33. The van der Waals surface area contributed by atoms with Gasteiger partial charge in [0.05, 0.1) is 12.2 Å². The van der Waals surface area contributed by atoms with Crippen LogP contribution in [0.15, 0.2) is 6.07 Å². The van der Waals surface area contributed by atoms with Crippen molar-refractivity contribution in [3.05, 3.63) is 23.0 Å². The molecule has 0 bridgehead atoms. The molecule has 0 unspecified atom stereocenters. The summed E-state index contributed by atoms with van der Waals surface area (Å²) in [6.45, 7) is 3.27. The molecule has 0 aliphatic rings. The van der Waals surface area contributed by atoms with Gasteiger partial charge in [0.2, 0.25) is 0 Å². The highest BCUT2D eigenvalue weighted by atomic mass is 19.4. The normalized spacial score (nSPS) is 11.6. The van der Waals surface area contributed by atoms with Crippen molar-refractivity contribution < 1.29 is 22.7 Å². The average molecular weight is 235 g/mol. The van der Waals surface area contributed by atoms with Crippen LogP contribution in [0.3, 0.4) is 0 Å². The highest BCUT2D eigenvalue weighted by molar-refractivity contribution is 5.89. The maximum atomic E-state index is 12.6. The lowest BCUT2D eigenvalue weighted by Gasteiger charge is -2.06. The zero-order valence-corrected chi connectivity index (χ0v) is 8.94. The summed E-state index contributed by atoms with van der Waals surface area (Å²) in [5.74, 6) is -0.977. The third kappa shape index (κ3) is 2.56. The van der Waals surface area contributed by atoms with Gasteiger partial charge in [0, 0.05) is 5.69 Å². The Bertz CT molecular complexity index is 382. The van der Waals surface area contributed by atoms with E-state index in [1.165, 1.54) is 6.92 Å². The van der Waals surface area contributed by atoms with Gasteiger partial charge < -0.3 is 9.72 Å². The molecule has 0 aliphatic heterocycles. The largest absolute Gasteiger partial charge is 0.461 e. The van der Waals surface area contributed by atoms with Crippen molar-refractivity contribution in [2.75, 3.05) is 6.61 Å². The van der Waals surface area contributed by atoms with Gasteiger partial charge in [0.25, 0.3) is 0 Å². The molecule has 1 aromatic heterocycles. The maximum Gasteiger partial charge on any atom is 0.418 e. The molecular formula is C10H12F3NO2. The van der Waals surface area contributed by atoms with Crippen LogP contribution in [0.5, 0.6) is 0 Å². The van der Waals surface area contributed by atoms with Gasteiger partial charge in [-0.2, -0.15) is 13.2 Å². The first-order chi connectivity index (χ1) is 7.40. The second kappa shape index (κ2) is 4.59. The van der Waals surface area contributed by atoms with E-state index in [-0.39, 0.29) is 6.61 Å². The molecule has 6 heteroatoms. The summed E-state index contributed by atoms with van der Waals surface area (Å²) in [4.78, 5) is 13.7. The number of H-pyrrole nitrogens is 1. The predicted molar refractivity (Wildman–Crippen MR) is 51.1 cm³/mol. The lowest BCUT2D eigenvalue weighted by molar-refractivity contribution is -0.138. The molecule has 0 aromatic carbocycles. The molecule has 1 rings (SSSR count). The minimum atomic E-state index is -4.55. The first-order valence-electron chi connectivity index (χ1n) is 4.86. The van der Waals surface area contributed by atoms with Gasteiger partial charge in [-0.15, -0.1) is 0 Å². The number of halogens is 3. The Morgan fingerprint density at radius 3 is 2.50 bits per heavy atom. The van der Waals surface area contributed by atoms with E-state index in [0.717, 1.165) is 6.07 Å². The van der Waals surface area contributed by atoms with E-state index < -0.39 is 23.4 Å². The standard InChI is InChI=1S/C10H12F3NO2/c1-3-6-5-7(10(11,12)13)8(14-6)9(15)16-4-2/h5,14H,3-4H2,1-2H3. The van der Waals surface area contributed by atoms with Crippen molar-refractivity contribution in [3.8, 4) is 0 Å². The molecule has 16 heavy (non-hydrogen) atoms. The topological polar surface area (TPSA) is 42.1 Å². The number of aryl methyl sites for hydroxylation is 1. The molecule has 90 valence electrons. The quantitative estimate of drug-likeness (QED) is 0.818. The van der Waals surface area contributed by atoms with Gasteiger partial charge in [-0.1, -0.05) is 6.92 Å². The summed E-state index contributed by atoms with van der Waals surface area (Å²) in [7, 11) is 0. The molecule has 0 amide bonds. The molecule has 0 spiro atoms. The molecule has 0 radical (unpaired) electrons. The second-order valence-electron chi connectivity index (χ2n) is 3.16. The van der Waals surface area contributed by atoms with Crippen molar-refractivity contribution in [2.24, 2.45) is 0 Å². The minimum Gasteiger partial charge on any atom is -0.461 e. The van der Waals surface area contributed by atoms with E-state index in [2.05, 4.69) is 9.72 Å². The van der Waals surface area contributed by atoms with Gasteiger partial charge in [0.15, 0.2) is 0 Å². The van der Waals surface area contributed by atoms with Crippen LogP contribution in [0.25, 0.3) is 0 Å². The van der Waals surface area contributed by atoms with Gasteiger partial charge in [-0.05, 0) is 19.4 Å². The Hall–Kier alpha value is -1.46. The van der Waals surface area contributed by atoms with Crippen molar-refractivity contribution in [1.29, 1.82) is 0 Å². The van der Waals surface area contributed by atoms with Crippen molar-refractivity contribution >= 4 is 5.97 Å². The fraction of sp³-hybridized carbons (Fsp3) is 0.500. The molecule has 1 aromatic rings. The molecule has 0 saturated heterocycles.